The lowest BCUT2D eigenvalue weighted by molar-refractivity contribution is 0.0655. The Hall–Kier alpha value is -1.33. The molecule has 1 heterocycles. The zero-order valence-electron chi connectivity index (χ0n) is 11.0. The molecule has 0 spiro atoms. The molecule has 0 bridgehead atoms. The minimum Gasteiger partial charge on any atom is -0.494 e. The molecular formula is C13H18ClFN2O2. The zero-order chi connectivity index (χ0) is 13.1. The van der Waals surface area contributed by atoms with Crippen molar-refractivity contribution in [2.45, 2.75) is 13.0 Å². The number of rotatable bonds is 2. The molecule has 0 saturated carbocycles. The third-order valence-electron chi connectivity index (χ3n) is 3.16. The van der Waals surface area contributed by atoms with E-state index in [0.29, 0.717) is 12.1 Å². The second-order valence-electron chi connectivity index (χ2n) is 4.40. The van der Waals surface area contributed by atoms with Gasteiger partial charge < -0.3 is 15.0 Å². The quantitative estimate of drug-likeness (QED) is 0.900. The van der Waals surface area contributed by atoms with Crippen LogP contribution in [0.15, 0.2) is 18.2 Å². The topological polar surface area (TPSA) is 41.6 Å². The van der Waals surface area contributed by atoms with Crippen LogP contribution in [0.2, 0.25) is 0 Å². The third-order valence-corrected chi connectivity index (χ3v) is 3.16. The fourth-order valence-electron chi connectivity index (χ4n) is 2.10. The van der Waals surface area contributed by atoms with Crippen molar-refractivity contribution >= 4 is 18.3 Å². The van der Waals surface area contributed by atoms with E-state index in [1.807, 2.05) is 6.92 Å². The summed E-state index contributed by atoms with van der Waals surface area (Å²) in [5.74, 6) is -0.437. The summed E-state index contributed by atoms with van der Waals surface area (Å²) >= 11 is 0. The van der Waals surface area contributed by atoms with E-state index in [0.717, 1.165) is 13.1 Å². The minimum atomic E-state index is -0.456. The fourth-order valence-corrected chi connectivity index (χ4v) is 2.10. The van der Waals surface area contributed by atoms with Gasteiger partial charge in [-0.05, 0) is 25.1 Å². The van der Waals surface area contributed by atoms with Gasteiger partial charge in [-0.15, -0.1) is 12.4 Å². The summed E-state index contributed by atoms with van der Waals surface area (Å²) < 4.78 is 18.2. The molecule has 106 valence electrons. The van der Waals surface area contributed by atoms with Crippen molar-refractivity contribution in [1.82, 2.24) is 10.2 Å². The maximum atomic E-state index is 13.3. The average molecular weight is 289 g/mol. The molecule has 1 aromatic rings. The number of carbonyl (C=O) groups is 1. The molecular weight excluding hydrogens is 271 g/mol. The van der Waals surface area contributed by atoms with Crippen molar-refractivity contribution in [3.8, 4) is 5.75 Å². The van der Waals surface area contributed by atoms with Crippen molar-refractivity contribution in [3.05, 3.63) is 29.6 Å². The highest BCUT2D eigenvalue weighted by molar-refractivity contribution is 5.95. The van der Waals surface area contributed by atoms with Gasteiger partial charge in [0.2, 0.25) is 0 Å². The molecule has 0 radical (unpaired) electrons. The van der Waals surface area contributed by atoms with Crippen LogP contribution in [-0.2, 0) is 0 Å². The van der Waals surface area contributed by atoms with E-state index < -0.39 is 5.82 Å². The van der Waals surface area contributed by atoms with Crippen LogP contribution in [-0.4, -0.2) is 43.6 Å². The Morgan fingerprint density at radius 3 is 2.89 bits per heavy atom. The van der Waals surface area contributed by atoms with Gasteiger partial charge in [0, 0.05) is 31.2 Å². The number of hydrogen-bond donors (Lipinski definition) is 1. The van der Waals surface area contributed by atoms with E-state index >= 15 is 0 Å². The van der Waals surface area contributed by atoms with Gasteiger partial charge in [-0.25, -0.2) is 4.39 Å². The number of halogens is 2. The summed E-state index contributed by atoms with van der Waals surface area (Å²) in [6.45, 7) is 4.23. The number of carbonyl (C=O) groups excluding carboxylic acids is 1. The molecule has 1 amide bonds. The summed E-state index contributed by atoms with van der Waals surface area (Å²) in [6.07, 6.45) is 0. The summed E-state index contributed by atoms with van der Waals surface area (Å²) in [6, 6.07) is 4.35. The molecule has 1 atom stereocenters. The molecule has 19 heavy (non-hydrogen) atoms. The summed E-state index contributed by atoms with van der Waals surface area (Å²) in [4.78, 5) is 14.1. The molecule has 1 fully saturated rings. The summed E-state index contributed by atoms with van der Waals surface area (Å²) in [5, 5.41) is 3.22. The highest BCUT2D eigenvalue weighted by Gasteiger charge is 2.24. The summed E-state index contributed by atoms with van der Waals surface area (Å²) in [7, 11) is 1.39. The summed E-state index contributed by atoms with van der Waals surface area (Å²) in [5.41, 5.74) is 0.460. The number of amides is 1. The molecule has 0 aromatic heterocycles. The van der Waals surface area contributed by atoms with Crippen LogP contribution in [0.25, 0.3) is 0 Å². The Bertz CT molecular complexity index is 456. The molecule has 0 aliphatic carbocycles. The zero-order valence-corrected chi connectivity index (χ0v) is 11.8. The van der Waals surface area contributed by atoms with Crippen LogP contribution in [0.4, 0.5) is 4.39 Å². The molecule has 4 nitrogen and oxygen atoms in total. The van der Waals surface area contributed by atoms with E-state index in [1.54, 1.807) is 4.90 Å². The second-order valence-corrected chi connectivity index (χ2v) is 4.40. The van der Waals surface area contributed by atoms with Crippen LogP contribution in [0.3, 0.4) is 0 Å². The van der Waals surface area contributed by atoms with Crippen molar-refractivity contribution in [2.24, 2.45) is 0 Å². The average Bonchev–Trinajstić information content (AvgIpc) is 2.39. The minimum absolute atomic E-state index is 0. The molecule has 1 N–H and O–H groups in total. The highest BCUT2D eigenvalue weighted by Crippen LogP contribution is 2.20. The first kappa shape index (κ1) is 15.7. The van der Waals surface area contributed by atoms with Crippen LogP contribution in [0.5, 0.6) is 5.75 Å². The first-order chi connectivity index (χ1) is 8.63. The van der Waals surface area contributed by atoms with Crippen LogP contribution < -0.4 is 10.1 Å². The van der Waals surface area contributed by atoms with Crippen LogP contribution >= 0.6 is 12.4 Å². The van der Waals surface area contributed by atoms with E-state index in [2.05, 4.69) is 5.32 Å². The lowest BCUT2D eigenvalue weighted by atomic mass is 10.1. The Morgan fingerprint density at radius 2 is 2.26 bits per heavy atom. The number of ether oxygens (including phenoxy) is 1. The molecule has 1 unspecified atom stereocenters. The Balaban J connectivity index is 0.00000180. The molecule has 1 aromatic carbocycles. The smallest absolute Gasteiger partial charge is 0.254 e. The van der Waals surface area contributed by atoms with E-state index in [9.17, 15) is 9.18 Å². The van der Waals surface area contributed by atoms with Gasteiger partial charge >= 0.3 is 0 Å². The Labute approximate surface area is 118 Å². The normalized spacial score (nSPS) is 18.7. The lowest BCUT2D eigenvalue weighted by Crippen LogP contribution is -2.52. The highest BCUT2D eigenvalue weighted by atomic mass is 35.5. The van der Waals surface area contributed by atoms with Gasteiger partial charge in [0.05, 0.1) is 7.11 Å². The van der Waals surface area contributed by atoms with Gasteiger partial charge in [0.15, 0.2) is 11.6 Å². The number of hydrogen-bond acceptors (Lipinski definition) is 3. The maximum Gasteiger partial charge on any atom is 0.254 e. The maximum absolute atomic E-state index is 13.3. The van der Waals surface area contributed by atoms with E-state index in [-0.39, 0.29) is 30.1 Å². The number of methoxy groups -OCH3 is 1. The SMILES string of the molecule is COc1cc(C(=O)N2CCNCC2C)ccc1F.Cl. The first-order valence-electron chi connectivity index (χ1n) is 5.98. The number of nitrogens with one attached hydrogen (secondary N) is 1. The predicted octanol–water partition coefficient (Wildman–Crippen LogP) is 1.69. The largest absolute Gasteiger partial charge is 0.494 e. The lowest BCUT2D eigenvalue weighted by Gasteiger charge is -2.34. The van der Waals surface area contributed by atoms with Crippen molar-refractivity contribution in [3.63, 3.8) is 0 Å². The third kappa shape index (κ3) is 3.36. The van der Waals surface area contributed by atoms with Gasteiger partial charge in [-0.3, -0.25) is 4.79 Å². The molecule has 6 heteroatoms. The van der Waals surface area contributed by atoms with Crippen LogP contribution in [0, 0.1) is 5.82 Å². The van der Waals surface area contributed by atoms with Gasteiger partial charge in [-0.2, -0.15) is 0 Å². The van der Waals surface area contributed by atoms with E-state index in [1.165, 1.54) is 25.3 Å². The number of benzene rings is 1. The monoisotopic (exact) mass is 288 g/mol. The molecule has 1 aliphatic rings. The second kappa shape index (κ2) is 6.73. The molecule has 1 saturated heterocycles. The Morgan fingerprint density at radius 1 is 1.53 bits per heavy atom. The molecule has 2 rings (SSSR count). The first-order valence-corrected chi connectivity index (χ1v) is 5.98. The fraction of sp³-hybridized carbons (Fsp3) is 0.462. The Kier molecular flexibility index (Phi) is 5.57. The van der Waals surface area contributed by atoms with E-state index in [4.69, 9.17) is 4.74 Å². The van der Waals surface area contributed by atoms with Crippen LogP contribution in [0.1, 0.15) is 17.3 Å². The number of piperazine rings is 1. The van der Waals surface area contributed by atoms with Crippen molar-refractivity contribution in [1.29, 1.82) is 0 Å². The van der Waals surface area contributed by atoms with Crippen molar-refractivity contribution in [2.75, 3.05) is 26.7 Å². The number of nitrogens with zero attached hydrogens (tertiary/aromatic N) is 1. The standard InChI is InChI=1S/C13H17FN2O2.ClH/c1-9-8-15-5-6-16(9)13(17)10-3-4-11(14)12(7-10)18-2;/h3-4,7,9,15H,5-6,8H2,1-2H3;1H. The van der Waals surface area contributed by atoms with Crippen molar-refractivity contribution < 1.29 is 13.9 Å². The van der Waals surface area contributed by atoms with Gasteiger partial charge in [0.1, 0.15) is 0 Å². The van der Waals surface area contributed by atoms with Gasteiger partial charge in [0.25, 0.3) is 5.91 Å². The van der Waals surface area contributed by atoms with Gasteiger partial charge in [-0.1, -0.05) is 0 Å². The predicted molar refractivity (Wildman–Crippen MR) is 73.6 cm³/mol. The molecule has 1 aliphatic heterocycles.